The van der Waals surface area contributed by atoms with E-state index in [9.17, 15) is 13.6 Å². The van der Waals surface area contributed by atoms with Gasteiger partial charge < -0.3 is 10.1 Å². The van der Waals surface area contributed by atoms with E-state index in [0.29, 0.717) is 6.07 Å². The van der Waals surface area contributed by atoms with Crippen molar-refractivity contribution in [2.45, 2.75) is 6.92 Å². The molecule has 1 aromatic heterocycles. The third-order valence-electron chi connectivity index (χ3n) is 2.51. The number of carbonyl (C=O) groups excluding carboxylic acids is 1. The zero-order valence-corrected chi connectivity index (χ0v) is 12.6. The van der Waals surface area contributed by atoms with Gasteiger partial charge in [-0.2, -0.15) is 0 Å². The van der Waals surface area contributed by atoms with E-state index in [1.165, 1.54) is 0 Å². The summed E-state index contributed by atoms with van der Waals surface area (Å²) in [5.74, 6) is -1.90. The predicted octanol–water partition coefficient (Wildman–Crippen LogP) is 3.45. The Balaban J connectivity index is 1.97. The molecule has 0 bridgehead atoms. The number of hydrogen-bond acceptors (Lipinski definition) is 3. The molecule has 0 fully saturated rings. The van der Waals surface area contributed by atoms with Crippen molar-refractivity contribution in [1.29, 1.82) is 0 Å². The number of amides is 1. The van der Waals surface area contributed by atoms with Gasteiger partial charge in [-0.05, 0) is 34.5 Å². The van der Waals surface area contributed by atoms with Crippen molar-refractivity contribution < 1.29 is 18.3 Å². The summed E-state index contributed by atoms with van der Waals surface area (Å²) >= 11 is 2.98. The molecule has 110 valence electrons. The molecule has 1 N–H and O–H groups in total. The number of pyridine rings is 1. The van der Waals surface area contributed by atoms with Crippen LogP contribution < -0.4 is 10.1 Å². The number of nitrogens with zero attached hydrogens (tertiary/aromatic N) is 1. The van der Waals surface area contributed by atoms with E-state index in [2.05, 4.69) is 26.2 Å². The van der Waals surface area contributed by atoms with Crippen LogP contribution in [0.4, 0.5) is 14.5 Å². The maximum Gasteiger partial charge on any atom is 0.262 e. The number of carbonyl (C=O) groups is 1. The molecule has 0 aliphatic carbocycles. The highest BCUT2D eigenvalue weighted by molar-refractivity contribution is 9.10. The number of anilines is 1. The Bertz CT molecular complexity index is 640. The van der Waals surface area contributed by atoms with Gasteiger partial charge in [0.05, 0.1) is 5.69 Å². The fourth-order valence-corrected chi connectivity index (χ4v) is 2.02. The fraction of sp³-hybridized carbons (Fsp3) is 0.143. The first kappa shape index (κ1) is 15.4. The molecular formula is C14H11BrF2N2O2. The zero-order chi connectivity index (χ0) is 15.4. The first-order chi connectivity index (χ1) is 9.95. The fourth-order valence-electron chi connectivity index (χ4n) is 1.52. The van der Waals surface area contributed by atoms with Crippen LogP contribution in [-0.2, 0) is 4.79 Å². The second-order valence-corrected chi connectivity index (χ2v) is 5.11. The highest BCUT2D eigenvalue weighted by Crippen LogP contribution is 2.26. The van der Waals surface area contributed by atoms with Crippen LogP contribution in [0.1, 0.15) is 5.56 Å². The van der Waals surface area contributed by atoms with Gasteiger partial charge in [0.2, 0.25) is 5.88 Å². The van der Waals surface area contributed by atoms with Crippen LogP contribution in [0.15, 0.2) is 34.9 Å². The van der Waals surface area contributed by atoms with Gasteiger partial charge in [-0.25, -0.2) is 13.8 Å². The minimum absolute atomic E-state index is 0.113. The summed E-state index contributed by atoms with van der Waals surface area (Å²) in [5, 5.41) is 2.31. The Labute approximate surface area is 128 Å². The monoisotopic (exact) mass is 356 g/mol. The number of aromatic nitrogens is 1. The molecule has 0 atom stereocenters. The minimum atomic E-state index is -0.872. The summed E-state index contributed by atoms with van der Waals surface area (Å²) in [7, 11) is 0. The van der Waals surface area contributed by atoms with E-state index < -0.39 is 17.5 Å². The van der Waals surface area contributed by atoms with Gasteiger partial charge >= 0.3 is 0 Å². The average Bonchev–Trinajstić information content (AvgIpc) is 2.42. The van der Waals surface area contributed by atoms with Crippen LogP contribution >= 0.6 is 15.9 Å². The molecule has 4 nitrogen and oxygen atoms in total. The van der Waals surface area contributed by atoms with Crippen molar-refractivity contribution in [3.05, 3.63) is 52.1 Å². The van der Waals surface area contributed by atoms with Crippen LogP contribution in [-0.4, -0.2) is 17.5 Å². The van der Waals surface area contributed by atoms with Gasteiger partial charge in [0.15, 0.2) is 12.4 Å². The molecule has 1 amide bonds. The van der Waals surface area contributed by atoms with Crippen molar-refractivity contribution in [2.75, 3.05) is 11.9 Å². The summed E-state index contributed by atoms with van der Waals surface area (Å²) < 4.78 is 31.7. The van der Waals surface area contributed by atoms with Gasteiger partial charge in [0.25, 0.3) is 5.91 Å². The number of nitrogens with one attached hydrogen (secondary N) is 1. The van der Waals surface area contributed by atoms with E-state index in [4.69, 9.17) is 4.74 Å². The normalized spacial score (nSPS) is 10.3. The van der Waals surface area contributed by atoms with Crippen LogP contribution in [0, 0.1) is 18.6 Å². The van der Waals surface area contributed by atoms with Crippen molar-refractivity contribution in [3.63, 3.8) is 0 Å². The molecule has 2 rings (SSSR count). The molecule has 1 aromatic carbocycles. The number of halogens is 3. The first-order valence-electron chi connectivity index (χ1n) is 5.95. The van der Waals surface area contributed by atoms with Crippen LogP contribution in [0.25, 0.3) is 0 Å². The lowest BCUT2D eigenvalue weighted by atomic mass is 10.3. The van der Waals surface area contributed by atoms with Crippen molar-refractivity contribution in [2.24, 2.45) is 0 Å². The summed E-state index contributed by atoms with van der Waals surface area (Å²) in [5.41, 5.74) is 0.825. The molecule has 0 aliphatic rings. The number of hydrogen-bond donors (Lipinski definition) is 1. The molecule has 0 spiro atoms. The summed E-state index contributed by atoms with van der Waals surface area (Å²) in [4.78, 5) is 15.7. The number of benzene rings is 1. The quantitative estimate of drug-likeness (QED) is 0.912. The van der Waals surface area contributed by atoms with Gasteiger partial charge in [0.1, 0.15) is 5.82 Å². The Kier molecular flexibility index (Phi) is 4.85. The zero-order valence-electron chi connectivity index (χ0n) is 11.0. The van der Waals surface area contributed by atoms with Crippen LogP contribution in [0.3, 0.4) is 0 Å². The number of aryl methyl sites for hydroxylation is 1. The third-order valence-corrected chi connectivity index (χ3v) is 3.13. The lowest BCUT2D eigenvalue weighted by Crippen LogP contribution is -2.21. The van der Waals surface area contributed by atoms with E-state index in [-0.39, 0.29) is 22.6 Å². The summed E-state index contributed by atoms with van der Waals surface area (Å²) in [6, 6.07) is 5.15. The maximum atomic E-state index is 13.5. The molecule has 21 heavy (non-hydrogen) atoms. The Hall–Kier alpha value is -2.02. The molecule has 1 heterocycles. The molecule has 2 aromatic rings. The highest BCUT2D eigenvalue weighted by Gasteiger charge is 2.13. The second kappa shape index (κ2) is 6.62. The Morgan fingerprint density at radius 1 is 1.38 bits per heavy atom. The number of ether oxygens (including phenoxy) is 1. The molecule has 0 saturated heterocycles. The topological polar surface area (TPSA) is 51.2 Å². The maximum absolute atomic E-state index is 13.5. The van der Waals surface area contributed by atoms with E-state index in [1.807, 2.05) is 6.92 Å². The largest absolute Gasteiger partial charge is 0.468 e. The van der Waals surface area contributed by atoms with Crippen LogP contribution in [0.5, 0.6) is 5.88 Å². The van der Waals surface area contributed by atoms with Crippen LogP contribution in [0.2, 0.25) is 0 Å². The molecule has 0 aliphatic heterocycles. The smallest absolute Gasteiger partial charge is 0.262 e. The molecule has 0 unspecified atom stereocenters. The second-order valence-electron chi connectivity index (χ2n) is 4.26. The standard InChI is InChI=1S/C14H11BrF2N2O2/c1-8-2-3-13(18-6-8)21-7-12(20)19-14-10(15)4-9(16)5-11(14)17/h2-6H,7H2,1H3,(H,19,20). The van der Waals surface area contributed by atoms with Gasteiger partial charge in [0, 0.05) is 22.8 Å². The average molecular weight is 357 g/mol. The SMILES string of the molecule is Cc1ccc(OCC(=O)Nc2c(F)cc(F)cc2Br)nc1. The lowest BCUT2D eigenvalue weighted by molar-refractivity contribution is -0.118. The van der Waals surface area contributed by atoms with Crippen molar-refractivity contribution in [1.82, 2.24) is 4.98 Å². The molecule has 7 heteroatoms. The van der Waals surface area contributed by atoms with Gasteiger partial charge in [-0.15, -0.1) is 0 Å². The third kappa shape index (κ3) is 4.22. The highest BCUT2D eigenvalue weighted by atomic mass is 79.9. The van der Waals surface area contributed by atoms with Crippen molar-refractivity contribution >= 4 is 27.5 Å². The van der Waals surface area contributed by atoms with Gasteiger partial charge in [-0.3, -0.25) is 4.79 Å². The summed E-state index contributed by atoms with van der Waals surface area (Å²) in [6.45, 7) is 1.54. The number of rotatable bonds is 4. The first-order valence-corrected chi connectivity index (χ1v) is 6.75. The lowest BCUT2D eigenvalue weighted by Gasteiger charge is -2.09. The minimum Gasteiger partial charge on any atom is -0.468 e. The van der Waals surface area contributed by atoms with Gasteiger partial charge in [-0.1, -0.05) is 6.07 Å². The Morgan fingerprint density at radius 2 is 2.14 bits per heavy atom. The Morgan fingerprint density at radius 3 is 2.76 bits per heavy atom. The van der Waals surface area contributed by atoms with E-state index >= 15 is 0 Å². The molecular weight excluding hydrogens is 346 g/mol. The van der Waals surface area contributed by atoms with Crippen molar-refractivity contribution in [3.8, 4) is 5.88 Å². The molecule has 0 radical (unpaired) electrons. The van der Waals surface area contributed by atoms with E-state index in [1.54, 1.807) is 18.3 Å². The summed E-state index contributed by atoms with van der Waals surface area (Å²) in [6.07, 6.45) is 1.60. The van der Waals surface area contributed by atoms with E-state index in [0.717, 1.165) is 11.6 Å². The molecule has 0 saturated carbocycles. The predicted molar refractivity (Wildman–Crippen MR) is 77.2 cm³/mol.